The maximum absolute atomic E-state index is 13.5. The molecule has 3 unspecified atom stereocenters. The van der Waals surface area contributed by atoms with Gasteiger partial charge in [-0.15, -0.1) is 6.58 Å². The summed E-state index contributed by atoms with van der Waals surface area (Å²) in [4.78, 5) is 17.8. The Morgan fingerprint density at radius 3 is 2.74 bits per heavy atom. The zero-order chi connectivity index (χ0) is 27.8. The number of nitrogens with one attached hydrogen (secondary N) is 1. The minimum atomic E-state index is -0.618. The predicted molar refractivity (Wildman–Crippen MR) is 158 cm³/mol. The van der Waals surface area contributed by atoms with Crippen LogP contribution in [-0.4, -0.2) is 24.8 Å². The number of aliphatic imine (C=N–C) groups is 1. The summed E-state index contributed by atoms with van der Waals surface area (Å²) in [5.41, 5.74) is 6.43. The lowest BCUT2D eigenvalue weighted by atomic mass is 9.70. The number of hydrogen-bond acceptors (Lipinski definition) is 3. The highest BCUT2D eigenvalue weighted by Gasteiger charge is 2.35. The summed E-state index contributed by atoms with van der Waals surface area (Å²) in [5, 5.41) is 13.3. The summed E-state index contributed by atoms with van der Waals surface area (Å²) in [6.45, 7) is 7.53. The van der Waals surface area contributed by atoms with Crippen LogP contribution in [0.5, 0.6) is 0 Å². The van der Waals surface area contributed by atoms with Crippen LogP contribution in [0.2, 0.25) is 0 Å². The third kappa shape index (κ3) is 6.85. The maximum atomic E-state index is 13.5. The number of alkyl halides is 1. The van der Waals surface area contributed by atoms with Gasteiger partial charge < -0.3 is 5.32 Å². The van der Waals surface area contributed by atoms with Crippen molar-refractivity contribution >= 4 is 17.7 Å². The summed E-state index contributed by atoms with van der Waals surface area (Å²) in [6, 6.07) is 8.48. The van der Waals surface area contributed by atoms with Crippen molar-refractivity contribution in [2.24, 2.45) is 16.8 Å². The molecule has 2 aliphatic carbocycles. The molecule has 206 valence electrons. The molecule has 5 heteroatoms. The Bertz CT molecular complexity index is 1230. The first kappa shape index (κ1) is 28.7. The monoisotopic (exact) mass is 527 g/mol. The molecule has 39 heavy (non-hydrogen) atoms. The molecule has 4 nitrogen and oxygen atoms in total. The van der Waals surface area contributed by atoms with Crippen molar-refractivity contribution < 1.29 is 9.18 Å². The normalized spacial score (nSPS) is 26.3. The van der Waals surface area contributed by atoms with Gasteiger partial charge in [-0.25, -0.2) is 4.39 Å². The number of rotatable bonds is 8. The Morgan fingerprint density at radius 2 is 2.03 bits per heavy atom. The average Bonchev–Trinajstić information content (AvgIpc) is 3.05. The van der Waals surface area contributed by atoms with Crippen LogP contribution >= 0.6 is 0 Å². The van der Waals surface area contributed by atoms with E-state index in [1.807, 2.05) is 6.08 Å². The lowest BCUT2D eigenvalue weighted by molar-refractivity contribution is -0.117. The molecule has 1 heterocycles. The molecule has 1 aliphatic heterocycles. The fourth-order valence-corrected chi connectivity index (χ4v) is 6.52. The number of nitriles is 1. The molecule has 0 bridgehead atoms. The number of hydrogen-bond donors (Lipinski definition) is 1. The Morgan fingerprint density at radius 1 is 1.26 bits per heavy atom. The van der Waals surface area contributed by atoms with E-state index in [1.165, 1.54) is 43.2 Å². The van der Waals surface area contributed by atoms with Crippen LogP contribution in [0.1, 0.15) is 93.7 Å². The van der Waals surface area contributed by atoms with Gasteiger partial charge in [-0.3, -0.25) is 9.79 Å². The number of amides is 1. The van der Waals surface area contributed by atoms with Gasteiger partial charge in [0.05, 0.1) is 22.9 Å². The van der Waals surface area contributed by atoms with E-state index in [2.05, 4.69) is 56.1 Å². The summed E-state index contributed by atoms with van der Waals surface area (Å²) in [5.74, 6) is 1.09. The molecule has 0 spiro atoms. The molecule has 1 aromatic carbocycles. The van der Waals surface area contributed by atoms with Gasteiger partial charge in [0, 0.05) is 6.21 Å². The smallest absolute Gasteiger partial charge is 0.252 e. The SMILES string of the molecule is C=CCCC(CF)NC(=O)C1=C\CC\C=C(C2=C(C#N)c3ccc(C)cc3C(C)C(C3CCCCC3)C2)/N=C/1. The zero-order valence-electron chi connectivity index (χ0n) is 23.5. The first-order chi connectivity index (χ1) is 19.0. The van der Waals surface area contributed by atoms with E-state index >= 15 is 0 Å². The summed E-state index contributed by atoms with van der Waals surface area (Å²) >= 11 is 0. The number of benzene rings is 1. The van der Waals surface area contributed by atoms with Crippen LogP contribution in [0.4, 0.5) is 4.39 Å². The molecule has 1 amide bonds. The Labute approximate surface area is 233 Å². The largest absolute Gasteiger partial charge is 0.347 e. The summed E-state index contributed by atoms with van der Waals surface area (Å²) in [7, 11) is 0. The lowest BCUT2D eigenvalue weighted by Crippen LogP contribution is -2.37. The Kier molecular flexibility index (Phi) is 10.1. The number of carbonyl (C=O) groups is 1. The molecule has 0 saturated heterocycles. The predicted octanol–water partition coefficient (Wildman–Crippen LogP) is 8.07. The highest BCUT2D eigenvalue weighted by Crippen LogP contribution is 2.48. The Hall–Kier alpha value is -3.26. The van der Waals surface area contributed by atoms with Crippen LogP contribution in [0.25, 0.3) is 5.57 Å². The fourth-order valence-electron chi connectivity index (χ4n) is 6.52. The van der Waals surface area contributed by atoms with E-state index in [1.54, 1.807) is 12.3 Å². The van der Waals surface area contributed by atoms with Gasteiger partial charge in [0.1, 0.15) is 12.7 Å². The van der Waals surface area contributed by atoms with Gasteiger partial charge in [-0.05, 0) is 73.5 Å². The molecular weight excluding hydrogens is 485 g/mol. The van der Waals surface area contributed by atoms with E-state index in [4.69, 9.17) is 4.99 Å². The number of carbonyl (C=O) groups excluding carboxylic acids is 1. The first-order valence-electron chi connectivity index (χ1n) is 14.6. The second-order valence-electron chi connectivity index (χ2n) is 11.4. The summed E-state index contributed by atoms with van der Waals surface area (Å²) in [6.07, 6.45) is 17.0. The van der Waals surface area contributed by atoms with E-state index in [0.29, 0.717) is 48.2 Å². The number of allylic oxidation sites excluding steroid dienone is 5. The maximum Gasteiger partial charge on any atom is 0.252 e. The minimum absolute atomic E-state index is 0.309. The minimum Gasteiger partial charge on any atom is -0.347 e. The van der Waals surface area contributed by atoms with E-state index in [-0.39, 0.29) is 5.91 Å². The quantitative estimate of drug-likeness (QED) is 0.347. The first-order valence-corrected chi connectivity index (χ1v) is 14.6. The van der Waals surface area contributed by atoms with Crippen molar-refractivity contribution in [2.75, 3.05) is 6.67 Å². The molecular formula is C34H42FN3O. The van der Waals surface area contributed by atoms with Gasteiger partial charge in [0.15, 0.2) is 0 Å². The number of aryl methyl sites for hydroxylation is 1. The molecule has 3 atom stereocenters. The Balaban J connectivity index is 1.70. The van der Waals surface area contributed by atoms with Crippen LogP contribution in [0.15, 0.2) is 64.8 Å². The zero-order valence-corrected chi connectivity index (χ0v) is 23.5. The molecule has 3 aliphatic rings. The molecule has 1 saturated carbocycles. The molecule has 1 aromatic rings. The van der Waals surface area contributed by atoms with Crippen LogP contribution in [0.3, 0.4) is 0 Å². The molecule has 4 rings (SSSR count). The van der Waals surface area contributed by atoms with E-state index in [0.717, 1.165) is 29.7 Å². The molecule has 1 N–H and O–H groups in total. The second kappa shape index (κ2) is 13.7. The van der Waals surface area contributed by atoms with Crippen LogP contribution < -0.4 is 5.32 Å². The summed E-state index contributed by atoms with van der Waals surface area (Å²) < 4.78 is 13.5. The van der Waals surface area contributed by atoms with Crippen molar-refractivity contribution in [2.45, 2.75) is 90.0 Å². The van der Waals surface area contributed by atoms with Gasteiger partial charge in [0.2, 0.25) is 0 Å². The van der Waals surface area contributed by atoms with Crippen molar-refractivity contribution in [3.8, 4) is 6.07 Å². The number of fused-ring (bicyclic) bond motifs is 1. The average molecular weight is 528 g/mol. The standard InChI is InChI=1S/C34H42FN3O/c1-4-5-14-27(20-35)38-34(39)26-13-9-10-15-33(37-22-26)31-19-29(25-11-7-6-8-12-25)24(3)30-18-23(2)16-17-28(30)32(31)21-36/h4,13,15-18,22,24-25,27,29H,1,5-12,14,19-20H2,2-3H3,(H,38,39)/b26-13+,33-15-,37-22+. The third-order valence-electron chi connectivity index (χ3n) is 8.74. The van der Waals surface area contributed by atoms with Crippen LogP contribution in [0, 0.1) is 30.1 Å². The highest BCUT2D eigenvalue weighted by molar-refractivity contribution is 6.12. The third-order valence-corrected chi connectivity index (χ3v) is 8.74. The highest BCUT2D eigenvalue weighted by atomic mass is 19.1. The van der Waals surface area contributed by atoms with Crippen LogP contribution in [-0.2, 0) is 4.79 Å². The van der Waals surface area contributed by atoms with Crippen molar-refractivity contribution in [1.82, 2.24) is 5.32 Å². The van der Waals surface area contributed by atoms with E-state index < -0.39 is 12.7 Å². The molecule has 0 radical (unpaired) electrons. The fraction of sp³-hybridized carbons (Fsp3) is 0.500. The lowest BCUT2D eigenvalue weighted by Gasteiger charge is -2.34. The van der Waals surface area contributed by atoms with Gasteiger partial charge in [-0.1, -0.05) is 81.0 Å². The van der Waals surface area contributed by atoms with Gasteiger partial charge in [-0.2, -0.15) is 5.26 Å². The number of halogens is 1. The van der Waals surface area contributed by atoms with Crippen molar-refractivity contribution in [1.29, 1.82) is 5.26 Å². The van der Waals surface area contributed by atoms with Gasteiger partial charge >= 0.3 is 0 Å². The molecule has 1 fully saturated rings. The van der Waals surface area contributed by atoms with E-state index in [9.17, 15) is 14.4 Å². The number of nitrogens with zero attached hydrogens (tertiary/aromatic N) is 2. The van der Waals surface area contributed by atoms with Crippen molar-refractivity contribution in [3.05, 3.63) is 76.5 Å². The van der Waals surface area contributed by atoms with Gasteiger partial charge in [0.25, 0.3) is 5.91 Å². The topological polar surface area (TPSA) is 65.2 Å². The van der Waals surface area contributed by atoms with Crippen molar-refractivity contribution in [3.63, 3.8) is 0 Å². The second-order valence-corrected chi connectivity index (χ2v) is 11.4. The molecule has 0 aromatic heterocycles.